The first-order valence-corrected chi connectivity index (χ1v) is 6.76. The summed E-state index contributed by atoms with van der Waals surface area (Å²) in [5.41, 5.74) is -4.54. The summed E-state index contributed by atoms with van der Waals surface area (Å²) in [4.78, 5) is 33.3. The lowest BCUT2D eigenvalue weighted by atomic mass is 10.0. The highest BCUT2D eigenvalue weighted by Crippen LogP contribution is 2.36. The summed E-state index contributed by atoms with van der Waals surface area (Å²) >= 11 is 0. The van der Waals surface area contributed by atoms with E-state index in [0.717, 1.165) is 0 Å². The van der Waals surface area contributed by atoms with Gasteiger partial charge in [-0.25, -0.2) is 4.79 Å². The molecule has 0 spiro atoms. The van der Waals surface area contributed by atoms with Gasteiger partial charge in [-0.2, -0.15) is 26.3 Å². The Labute approximate surface area is 141 Å². The zero-order chi connectivity index (χ0) is 20.3. The minimum atomic E-state index is -5.17. The van der Waals surface area contributed by atoms with E-state index in [2.05, 4.69) is 0 Å². The normalized spacial score (nSPS) is 13.2. The van der Waals surface area contributed by atoms with Gasteiger partial charge in [-0.15, -0.1) is 0 Å². The topological polar surface area (TPSA) is 104 Å². The summed E-state index contributed by atoms with van der Waals surface area (Å²) in [5.74, 6) is -4.61. The molecular weight excluding hydrogens is 376 g/mol. The molecule has 0 aromatic heterocycles. The van der Waals surface area contributed by atoms with E-state index in [1.807, 2.05) is 0 Å². The van der Waals surface area contributed by atoms with Crippen LogP contribution in [0, 0.1) is 0 Å². The largest absolute Gasteiger partial charge is 0.481 e. The second kappa shape index (κ2) is 7.62. The van der Waals surface area contributed by atoms with Crippen molar-refractivity contribution < 1.29 is 50.9 Å². The van der Waals surface area contributed by atoms with E-state index in [1.54, 1.807) is 5.32 Å². The summed E-state index contributed by atoms with van der Waals surface area (Å²) in [6.45, 7) is 0. The van der Waals surface area contributed by atoms with Crippen LogP contribution in [-0.2, 0) is 21.9 Å². The molecule has 0 saturated heterocycles. The lowest BCUT2D eigenvalue weighted by Gasteiger charge is -2.16. The number of amides is 1. The van der Waals surface area contributed by atoms with Gasteiger partial charge >= 0.3 is 24.3 Å². The fourth-order valence-corrected chi connectivity index (χ4v) is 1.85. The highest BCUT2D eigenvalue weighted by atomic mass is 19.4. The Morgan fingerprint density at radius 3 is 1.73 bits per heavy atom. The molecule has 0 heterocycles. The van der Waals surface area contributed by atoms with E-state index in [1.165, 1.54) is 0 Å². The Balaban J connectivity index is 3.21. The summed E-state index contributed by atoms with van der Waals surface area (Å²) in [5, 5.41) is 19.1. The molecule has 26 heavy (non-hydrogen) atoms. The maximum absolute atomic E-state index is 12.7. The van der Waals surface area contributed by atoms with Gasteiger partial charge in [-0.3, -0.25) is 9.59 Å². The average molecular weight is 387 g/mol. The van der Waals surface area contributed by atoms with Gasteiger partial charge in [-0.1, -0.05) is 0 Å². The summed E-state index contributed by atoms with van der Waals surface area (Å²) in [6.07, 6.45) is -11.6. The van der Waals surface area contributed by atoms with Gasteiger partial charge in [0, 0.05) is 12.0 Å². The number of carboxylic acid groups (broad SMARTS) is 2. The molecule has 1 aromatic rings. The highest BCUT2D eigenvalue weighted by molar-refractivity contribution is 5.97. The van der Waals surface area contributed by atoms with Crippen LogP contribution in [0.1, 0.15) is 34.3 Å². The Morgan fingerprint density at radius 2 is 1.38 bits per heavy atom. The molecule has 1 rings (SSSR count). The van der Waals surface area contributed by atoms with Crippen molar-refractivity contribution in [2.24, 2.45) is 0 Å². The van der Waals surface area contributed by atoms with Crippen LogP contribution in [0.15, 0.2) is 18.2 Å². The molecule has 1 amide bonds. The third kappa shape index (κ3) is 5.93. The van der Waals surface area contributed by atoms with E-state index in [4.69, 9.17) is 10.2 Å². The number of rotatable bonds is 6. The number of halogens is 6. The molecular formula is C14H11F6NO5. The highest BCUT2D eigenvalue weighted by Gasteiger charge is 2.37. The fraction of sp³-hybridized carbons (Fsp3) is 0.357. The van der Waals surface area contributed by atoms with Crippen molar-refractivity contribution in [2.45, 2.75) is 31.2 Å². The van der Waals surface area contributed by atoms with Crippen molar-refractivity contribution in [3.8, 4) is 0 Å². The second-order valence-electron chi connectivity index (χ2n) is 5.09. The summed E-state index contributed by atoms with van der Waals surface area (Å²) in [6, 6.07) is -1.71. The second-order valence-corrected chi connectivity index (χ2v) is 5.09. The number of benzene rings is 1. The molecule has 12 heteroatoms. The number of aliphatic carboxylic acids is 2. The average Bonchev–Trinajstić information content (AvgIpc) is 2.48. The number of alkyl halides is 6. The molecule has 0 saturated carbocycles. The van der Waals surface area contributed by atoms with Crippen LogP contribution >= 0.6 is 0 Å². The van der Waals surface area contributed by atoms with Crippen molar-refractivity contribution in [3.63, 3.8) is 0 Å². The summed E-state index contributed by atoms with van der Waals surface area (Å²) < 4.78 is 76.4. The van der Waals surface area contributed by atoms with Crippen LogP contribution in [0.4, 0.5) is 26.3 Å². The Kier molecular flexibility index (Phi) is 6.23. The molecule has 0 bridgehead atoms. The lowest BCUT2D eigenvalue weighted by Crippen LogP contribution is -2.41. The molecule has 6 nitrogen and oxygen atoms in total. The first-order valence-electron chi connectivity index (χ1n) is 6.76. The SMILES string of the molecule is O=C(O)CC[C@@H](NC(=O)c1cc(C(F)(F)F)cc(C(F)(F)F)c1)C(=O)O. The van der Waals surface area contributed by atoms with Gasteiger partial charge in [0.05, 0.1) is 11.1 Å². The van der Waals surface area contributed by atoms with Crippen LogP contribution in [0.3, 0.4) is 0 Å². The van der Waals surface area contributed by atoms with Crippen molar-refractivity contribution in [1.29, 1.82) is 0 Å². The third-order valence-corrected chi connectivity index (χ3v) is 3.10. The number of hydrogen-bond acceptors (Lipinski definition) is 3. The van der Waals surface area contributed by atoms with E-state index < -0.39 is 65.8 Å². The Hall–Kier alpha value is -2.79. The molecule has 1 aromatic carbocycles. The number of hydrogen-bond donors (Lipinski definition) is 3. The molecule has 0 unspecified atom stereocenters. The van der Waals surface area contributed by atoms with Crippen molar-refractivity contribution >= 4 is 17.8 Å². The minimum absolute atomic E-state index is 0.140. The number of nitrogens with one attached hydrogen (secondary N) is 1. The van der Waals surface area contributed by atoms with Crippen LogP contribution in [-0.4, -0.2) is 34.1 Å². The van der Waals surface area contributed by atoms with E-state index in [0.29, 0.717) is 0 Å². The van der Waals surface area contributed by atoms with E-state index >= 15 is 0 Å². The molecule has 3 N–H and O–H groups in total. The maximum Gasteiger partial charge on any atom is 0.416 e. The van der Waals surface area contributed by atoms with Crippen LogP contribution in [0.5, 0.6) is 0 Å². The predicted molar refractivity (Wildman–Crippen MR) is 72.2 cm³/mol. The smallest absolute Gasteiger partial charge is 0.416 e. The minimum Gasteiger partial charge on any atom is -0.481 e. The van der Waals surface area contributed by atoms with E-state index in [9.17, 15) is 40.7 Å². The van der Waals surface area contributed by atoms with Crippen molar-refractivity contribution in [3.05, 3.63) is 34.9 Å². The van der Waals surface area contributed by atoms with Gasteiger partial charge in [0.1, 0.15) is 6.04 Å². The molecule has 1 atom stereocenters. The molecule has 0 aliphatic heterocycles. The predicted octanol–water partition coefficient (Wildman–Crippen LogP) is 2.77. The molecule has 0 radical (unpaired) electrons. The molecule has 0 aliphatic carbocycles. The van der Waals surface area contributed by atoms with Crippen LogP contribution in [0.2, 0.25) is 0 Å². The number of carboxylic acids is 2. The van der Waals surface area contributed by atoms with Gasteiger partial charge in [0.15, 0.2) is 0 Å². The molecule has 0 fully saturated rings. The standard InChI is InChI=1S/C14H11F6NO5/c15-13(16,17)7-3-6(4-8(5-7)14(18,19)20)11(24)21-9(12(25)26)1-2-10(22)23/h3-5,9H,1-2H2,(H,21,24)(H,22,23)(H,25,26)/t9-/m1/s1. The van der Waals surface area contributed by atoms with Gasteiger partial charge in [0.25, 0.3) is 5.91 Å². The van der Waals surface area contributed by atoms with E-state index in [-0.39, 0.29) is 18.2 Å². The maximum atomic E-state index is 12.7. The van der Waals surface area contributed by atoms with Crippen molar-refractivity contribution in [1.82, 2.24) is 5.32 Å². The van der Waals surface area contributed by atoms with Gasteiger partial charge < -0.3 is 15.5 Å². The third-order valence-electron chi connectivity index (χ3n) is 3.10. The van der Waals surface area contributed by atoms with Crippen LogP contribution in [0.25, 0.3) is 0 Å². The molecule has 0 aliphatic rings. The van der Waals surface area contributed by atoms with Crippen LogP contribution < -0.4 is 5.32 Å². The Bertz CT molecular complexity index is 681. The zero-order valence-electron chi connectivity index (χ0n) is 12.6. The van der Waals surface area contributed by atoms with Crippen molar-refractivity contribution in [2.75, 3.05) is 0 Å². The first kappa shape index (κ1) is 21.3. The summed E-state index contributed by atoms with van der Waals surface area (Å²) in [7, 11) is 0. The zero-order valence-corrected chi connectivity index (χ0v) is 12.6. The molecule has 144 valence electrons. The van der Waals surface area contributed by atoms with Gasteiger partial charge in [0.2, 0.25) is 0 Å². The monoisotopic (exact) mass is 387 g/mol. The number of carbonyl (C=O) groups is 3. The quantitative estimate of drug-likeness (QED) is 0.652. The van der Waals surface area contributed by atoms with Gasteiger partial charge in [-0.05, 0) is 24.6 Å². The fourth-order valence-electron chi connectivity index (χ4n) is 1.85. The lowest BCUT2D eigenvalue weighted by molar-refractivity contribution is -0.144. The first-order chi connectivity index (χ1) is 11.7. The Morgan fingerprint density at radius 1 is 0.923 bits per heavy atom. The number of carbonyl (C=O) groups excluding carboxylic acids is 1.